The molecule has 0 radical (unpaired) electrons. The van der Waals surface area contributed by atoms with Gasteiger partial charge in [-0.1, -0.05) is 11.6 Å². The summed E-state index contributed by atoms with van der Waals surface area (Å²) in [6, 6.07) is 3.93. The van der Waals surface area contributed by atoms with Crippen molar-refractivity contribution in [1.82, 2.24) is 15.0 Å². The number of aromatic nitrogens is 2. The molecule has 0 bridgehead atoms. The molecule has 0 amide bonds. The third-order valence-electron chi connectivity index (χ3n) is 2.53. The molecule has 124 valence electrons. The van der Waals surface area contributed by atoms with Crippen molar-refractivity contribution < 1.29 is 18.3 Å². The Labute approximate surface area is 139 Å². The van der Waals surface area contributed by atoms with Gasteiger partial charge in [0.25, 0.3) is 5.88 Å². The first kappa shape index (κ1) is 17.5. The van der Waals surface area contributed by atoms with Gasteiger partial charge in [-0.3, -0.25) is 5.41 Å². The van der Waals surface area contributed by atoms with Crippen LogP contribution in [0.15, 0.2) is 22.8 Å². The number of ether oxygens (including phenoxy) is 1. The average molecular weight is 362 g/mol. The summed E-state index contributed by atoms with van der Waals surface area (Å²) in [5.41, 5.74) is 0.446. The Kier molecular flexibility index (Phi) is 6.16. The third kappa shape index (κ3) is 5.06. The maximum absolute atomic E-state index is 13.1. The van der Waals surface area contributed by atoms with Gasteiger partial charge in [0.1, 0.15) is 18.7 Å². The molecule has 1 unspecified atom stereocenters. The molecular formula is C12H13ClFN5O3S. The molecule has 2 aromatic rings. The minimum Gasteiger partial charge on any atom is -0.598 e. The maximum atomic E-state index is 13.1. The number of anilines is 1. The Hall–Kier alpha value is -1.88. The van der Waals surface area contributed by atoms with Crippen LogP contribution in [-0.2, 0) is 11.4 Å². The van der Waals surface area contributed by atoms with Crippen LogP contribution >= 0.6 is 11.6 Å². The Bertz CT molecular complexity index is 684. The van der Waals surface area contributed by atoms with Crippen LogP contribution in [-0.4, -0.2) is 40.1 Å². The van der Waals surface area contributed by atoms with E-state index in [4.69, 9.17) is 21.7 Å². The fourth-order valence-corrected chi connectivity index (χ4v) is 2.09. The Morgan fingerprint density at radius 3 is 3.00 bits per heavy atom. The van der Waals surface area contributed by atoms with E-state index in [1.165, 1.54) is 24.5 Å². The molecule has 23 heavy (non-hydrogen) atoms. The standard InChI is InChI=1S/C12H13ClFN5O3S/c1-23(20)16-4-5-21-12-10(18-22-19-12)11(15)17-7-2-3-9(14)8(13)6-7/h2-3,6,16H,4-5H2,1H3,(H2,15,17). The summed E-state index contributed by atoms with van der Waals surface area (Å²) >= 11 is 4.53. The number of rotatable bonds is 7. The van der Waals surface area contributed by atoms with E-state index >= 15 is 0 Å². The molecule has 0 aliphatic carbocycles. The lowest BCUT2D eigenvalue weighted by atomic mass is 10.3. The van der Waals surface area contributed by atoms with Gasteiger partial charge in [0.15, 0.2) is 5.84 Å². The molecule has 0 spiro atoms. The predicted octanol–water partition coefficient (Wildman–Crippen LogP) is 1.56. The number of amidine groups is 1. The first-order valence-corrected chi connectivity index (χ1v) is 8.24. The molecule has 0 aliphatic rings. The lowest BCUT2D eigenvalue weighted by Gasteiger charge is -2.08. The van der Waals surface area contributed by atoms with E-state index in [2.05, 4.69) is 25.0 Å². The topological polar surface area (TPSA) is 119 Å². The quantitative estimate of drug-likeness (QED) is 0.296. The molecule has 1 heterocycles. The number of nitrogens with one attached hydrogen (secondary N) is 3. The normalized spacial score (nSPS) is 12.0. The fourth-order valence-electron chi connectivity index (χ4n) is 1.54. The predicted molar refractivity (Wildman–Crippen MR) is 83.7 cm³/mol. The minimum absolute atomic E-state index is 0.0133. The molecule has 0 aliphatic heterocycles. The highest BCUT2D eigenvalue weighted by Crippen LogP contribution is 2.21. The highest BCUT2D eigenvalue weighted by Gasteiger charge is 2.17. The summed E-state index contributed by atoms with van der Waals surface area (Å²) in [6.45, 7) is 0.486. The van der Waals surface area contributed by atoms with Gasteiger partial charge >= 0.3 is 0 Å². The molecule has 1 aromatic carbocycles. The second-order valence-corrected chi connectivity index (χ2v) is 5.85. The largest absolute Gasteiger partial charge is 0.598 e. The average Bonchev–Trinajstić information content (AvgIpc) is 2.96. The van der Waals surface area contributed by atoms with E-state index < -0.39 is 17.2 Å². The lowest BCUT2D eigenvalue weighted by molar-refractivity contribution is 0.258. The van der Waals surface area contributed by atoms with Crippen molar-refractivity contribution in [3.63, 3.8) is 0 Å². The summed E-state index contributed by atoms with van der Waals surface area (Å²) < 4.78 is 36.5. The minimum atomic E-state index is -1.15. The smallest absolute Gasteiger partial charge is 0.287 e. The summed E-state index contributed by atoms with van der Waals surface area (Å²) in [6.07, 6.45) is 1.50. The Balaban J connectivity index is 1.97. The van der Waals surface area contributed by atoms with Crippen LogP contribution in [0.2, 0.25) is 5.02 Å². The van der Waals surface area contributed by atoms with Gasteiger partial charge in [0, 0.05) is 17.0 Å². The van der Waals surface area contributed by atoms with Gasteiger partial charge in [0.05, 0.1) is 11.6 Å². The Morgan fingerprint density at radius 2 is 2.30 bits per heavy atom. The molecular weight excluding hydrogens is 349 g/mol. The van der Waals surface area contributed by atoms with Crippen LogP contribution in [0.4, 0.5) is 10.1 Å². The zero-order valence-electron chi connectivity index (χ0n) is 11.9. The number of halogens is 2. The summed E-state index contributed by atoms with van der Waals surface area (Å²) in [5.74, 6) is -0.702. The first-order chi connectivity index (χ1) is 11.0. The molecule has 8 nitrogen and oxygen atoms in total. The molecule has 0 fully saturated rings. The van der Waals surface area contributed by atoms with Crippen molar-refractivity contribution >= 4 is 34.5 Å². The number of benzene rings is 1. The van der Waals surface area contributed by atoms with Crippen molar-refractivity contribution in [1.29, 1.82) is 5.41 Å². The first-order valence-electron chi connectivity index (χ1n) is 6.30. The van der Waals surface area contributed by atoms with E-state index in [-0.39, 0.29) is 29.0 Å². The molecule has 1 atom stereocenters. The zero-order chi connectivity index (χ0) is 16.8. The van der Waals surface area contributed by atoms with Crippen LogP contribution in [0.5, 0.6) is 5.88 Å². The van der Waals surface area contributed by atoms with Crippen LogP contribution in [0, 0.1) is 11.2 Å². The van der Waals surface area contributed by atoms with E-state index in [0.29, 0.717) is 12.2 Å². The summed E-state index contributed by atoms with van der Waals surface area (Å²) in [7, 11) is 0. The SMILES string of the molecule is C[S+]([O-])NCCOc1nonc1C(=N)Nc1ccc(F)c(Cl)c1. The number of nitrogens with zero attached hydrogens (tertiary/aromatic N) is 2. The van der Waals surface area contributed by atoms with Gasteiger partial charge in [-0.05, 0) is 28.5 Å². The summed E-state index contributed by atoms with van der Waals surface area (Å²) in [5, 5.41) is 17.7. The number of hydrogen-bond donors (Lipinski definition) is 3. The van der Waals surface area contributed by atoms with Crippen LogP contribution in [0.25, 0.3) is 0 Å². The van der Waals surface area contributed by atoms with Crippen LogP contribution < -0.4 is 14.8 Å². The highest BCUT2D eigenvalue weighted by atomic mass is 35.5. The van der Waals surface area contributed by atoms with Crippen LogP contribution in [0.1, 0.15) is 5.69 Å². The molecule has 3 N–H and O–H groups in total. The molecule has 0 saturated carbocycles. The molecule has 2 rings (SSSR count). The maximum Gasteiger partial charge on any atom is 0.287 e. The van der Waals surface area contributed by atoms with E-state index in [1.807, 2.05) is 0 Å². The molecule has 1 aromatic heterocycles. The lowest BCUT2D eigenvalue weighted by Crippen LogP contribution is -2.27. The zero-order valence-corrected chi connectivity index (χ0v) is 13.5. The van der Waals surface area contributed by atoms with Gasteiger partial charge in [0.2, 0.25) is 5.69 Å². The molecule has 0 saturated heterocycles. The van der Waals surface area contributed by atoms with Crippen molar-refractivity contribution in [2.45, 2.75) is 0 Å². The van der Waals surface area contributed by atoms with E-state index in [1.54, 1.807) is 0 Å². The van der Waals surface area contributed by atoms with E-state index in [0.717, 1.165) is 0 Å². The van der Waals surface area contributed by atoms with Crippen molar-refractivity contribution in [3.05, 3.63) is 34.7 Å². The van der Waals surface area contributed by atoms with Gasteiger partial charge in [-0.2, -0.15) is 0 Å². The second kappa shape index (κ2) is 8.11. The number of hydrogen-bond acceptors (Lipinski definition) is 7. The van der Waals surface area contributed by atoms with Gasteiger partial charge < -0.3 is 14.6 Å². The monoisotopic (exact) mass is 361 g/mol. The van der Waals surface area contributed by atoms with E-state index in [9.17, 15) is 8.94 Å². The fraction of sp³-hybridized carbons (Fsp3) is 0.250. The van der Waals surface area contributed by atoms with Crippen molar-refractivity contribution in [2.24, 2.45) is 0 Å². The third-order valence-corrected chi connectivity index (χ3v) is 3.43. The van der Waals surface area contributed by atoms with Gasteiger partial charge in [-0.25, -0.2) is 9.02 Å². The van der Waals surface area contributed by atoms with Gasteiger partial charge in [-0.15, -0.1) is 4.72 Å². The van der Waals surface area contributed by atoms with Crippen LogP contribution in [0.3, 0.4) is 0 Å². The van der Waals surface area contributed by atoms with Crippen molar-refractivity contribution in [2.75, 3.05) is 24.7 Å². The summed E-state index contributed by atoms with van der Waals surface area (Å²) in [4.78, 5) is 0. The molecule has 11 heteroatoms. The highest BCUT2D eigenvalue weighted by molar-refractivity contribution is 7.88. The Morgan fingerprint density at radius 1 is 1.52 bits per heavy atom. The second-order valence-electron chi connectivity index (χ2n) is 4.24. The van der Waals surface area contributed by atoms with Crippen molar-refractivity contribution in [3.8, 4) is 5.88 Å².